The highest BCUT2D eigenvalue weighted by atomic mass is 16.5. The van der Waals surface area contributed by atoms with Crippen LogP contribution in [0.1, 0.15) is 38.2 Å². The van der Waals surface area contributed by atoms with Crippen LogP contribution in [-0.2, 0) is 11.2 Å². The summed E-state index contributed by atoms with van der Waals surface area (Å²) in [5.41, 5.74) is 0.908. The minimum Gasteiger partial charge on any atom is -0.390 e. The Bertz CT molecular complexity index is 328. The number of aryl methyl sites for hydroxylation is 1. The maximum atomic E-state index is 10.2. The first-order valence-electron chi connectivity index (χ1n) is 6.60. The predicted molar refractivity (Wildman–Crippen MR) is 69.0 cm³/mol. The van der Waals surface area contributed by atoms with Crippen molar-refractivity contribution in [2.24, 2.45) is 0 Å². The van der Waals surface area contributed by atoms with Crippen LogP contribution >= 0.6 is 0 Å². The zero-order chi connectivity index (χ0) is 12.1. The van der Waals surface area contributed by atoms with Crippen molar-refractivity contribution in [3.8, 4) is 0 Å². The zero-order valence-corrected chi connectivity index (χ0v) is 10.6. The number of rotatable bonds is 6. The molecular formula is C15H22O2. The summed E-state index contributed by atoms with van der Waals surface area (Å²) in [4.78, 5) is 0. The maximum Gasteiger partial charge on any atom is 0.0697 e. The second-order valence-electron chi connectivity index (χ2n) is 5.05. The molecule has 0 saturated heterocycles. The lowest BCUT2D eigenvalue weighted by Crippen LogP contribution is -2.48. The summed E-state index contributed by atoms with van der Waals surface area (Å²) in [7, 11) is 0. The summed E-state index contributed by atoms with van der Waals surface area (Å²) in [5, 5.41) is 10.2. The molecule has 0 heterocycles. The van der Waals surface area contributed by atoms with Crippen LogP contribution in [0, 0.1) is 0 Å². The normalized spacial score (nSPS) is 27.8. The summed E-state index contributed by atoms with van der Waals surface area (Å²) in [6.07, 6.45) is 4.93. The molecule has 0 spiro atoms. The zero-order valence-electron chi connectivity index (χ0n) is 10.6. The first-order chi connectivity index (χ1) is 8.22. The van der Waals surface area contributed by atoms with Crippen LogP contribution < -0.4 is 0 Å². The fraction of sp³-hybridized carbons (Fsp3) is 0.600. The van der Waals surface area contributed by atoms with E-state index in [0.717, 1.165) is 38.7 Å². The highest BCUT2D eigenvalue weighted by molar-refractivity contribution is 5.14. The summed E-state index contributed by atoms with van der Waals surface area (Å²) in [6, 6.07) is 10.5. The number of aliphatic hydroxyl groups is 1. The van der Waals surface area contributed by atoms with Gasteiger partial charge in [0.2, 0.25) is 0 Å². The molecule has 17 heavy (non-hydrogen) atoms. The Morgan fingerprint density at radius 3 is 2.65 bits per heavy atom. The van der Waals surface area contributed by atoms with Gasteiger partial charge in [-0.2, -0.15) is 0 Å². The number of hydrogen-bond acceptors (Lipinski definition) is 2. The predicted octanol–water partition coefficient (Wildman–Crippen LogP) is 2.94. The third-order valence-corrected chi connectivity index (χ3v) is 3.57. The Kier molecular flexibility index (Phi) is 4.19. The van der Waals surface area contributed by atoms with E-state index in [1.165, 1.54) is 5.56 Å². The Morgan fingerprint density at radius 1 is 1.29 bits per heavy atom. The van der Waals surface area contributed by atoms with Gasteiger partial charge >= 0.3 is 0 Å². The molecule has 2 rings (SSSR count). The second kappa shape index (κ2) is 5.65. The molecule has 2 heteroatoms. The van der Waals surface area contributed by atoms with Crippen LogP contribution in [0.5, 0.6) is 0 Å². The van der Waals surface area contributed by atoms with Gasteiger partial charge in [0.05, 0.1) is 11.7 Å². The van der Waals surface area contributed by atoms with Crippen LogP contribution in [0.25, 0.3) is 0 Å². The Hall–Kier alpha value is -0.860. The van der Waals surface area contributed by atoms with Gasteiger partial charge in [0.1, 0.15) is 0 Å². The highest BCUT2D eigenvalue weighted by Gasteiger charge is 2.42. The first kappa shape index (κ1) is 12.6. The smallest absolute Gasteiger partial charge is 0.0697 e. The topological polar surface area (TPSA) is 29.5 Å². The number of ether oxygens (including phenoxy) is 1. The minimum absolute atomic E-state index is 0.293. The van der Waals surface area contributed by atoms with Gasteiger partial charge in [0.15, 0.2) is 0 Å². The van der Waals surface area contributed by atoms with Gasteiger partial charge in [-0.1, -0.05) is 30.3 Å². The van der Waals surface area contributed by atoms with E-state index >= 15 is 0 Å². The Morgan fingerprint density at radius 2 is 2.00 bits per heavy atom. The molecule has 1 aliphatic carbocycles. The lowest BCUT2D eigenvalue weighted by atomic mass is 9.74. The summed E-state index contributed by atoms with van der Waals surface area (Å²) in [5.74, 6) is 0. The molecule has 0 aromatic heterocycles. The summed E-state index contributed by atoms with van der Waals surface area (Å²) in [6.45, 7) is 2.76. The van der Waals surface area contributed by atoms with E-state index in [1.54, 1.807) is 0 Å². The molecule has 1 aromatic carbocycles. The van der Waals surface area contributed by atoms with Crippen LogP contribution in [0.4, 0.5) is 0 Å². The highest BCUT2D eigenvalue weighted by Crippen LogP contribution is 2.38. The molecule has 1 fully saturated rings. The third kappa shape index (κ3) is 3.55. The third-order valence-electron chi connectivity index (χ3n) is 3.57. The minimum atomic E-state index is -0.450. The van der Waals surface area contributed by atoms with E-state index in [2.05, 4.69) is 24.3 Å². The quantitative estimate of drug-likeness (QED) is 0.820. The average Bonchev–Trinajstić information content (AvgIpc) is 2.29. The molecule has 0 radical (unpaired) electrons. The monoisotopic (exact) mass is 234 g/mol. The van der Waals surface area contributed by atoms with Crippen LogP contribution in [0.3, 0.4) is 0 Å². The molecular weight excluding hydrogens is 212 g/mol. The number of hydrogen-bond donors (Lipinski definition) is 1. The van der Waals surface area contributed by atoms with Crippen LogP contribution in [0.15, 0.2) is 30.3 Å². The van der Waals surface area contributed by atoms with Crippen molar-refractivity contribution < 1.29 is 9.84 Å². The molecule has 1 saturated carbocycles. The van der Waals surface area contributed by atoms with Crippen molar-refractivity contribution in [3.63, 3.8) is 0 Å². The van der Waals surface area contributed by atoms with Gasteiger partial charge in [-0.05, 0) is 31.7 Å². The fourth-order valence-corrected chi connectivity index (χ4v) is 2.61. The van der Waals surface area contributed by atoms with Crippen molar-refractivity contribution in [2.45, 2.75) is 50.7 Å². The Balaban J connectivity index is 1.66. The van der Waals surface area contributed by atoms with E-state index in [4.69, 9.17) is 4.74 Å². The van der Waals surface area contributed by atoms with E-state index in [-0.39, 0.29) is 0 Å². The van der Waals surface area contributed by atoms with Crippen LogP contribution in [0.2, 0.25) is 0 Å². The van der Waals surface area contributed by atoms with Crippen LogP contribution in [-0.4, -0.2) is 23.4 Å². The van der Waals surface area contributed by atoms with Gasteiger partial charge in [-0.15, -0.1) is 0 Å². The van der Waals surface area contributed by atoms with Gasteiger partial charge in [0, 0.05) is 19.4 Å². The molecule has 0 atom stereocenters. The van der Waals surface area contributed by atoms with Gasteiger partial charge in [-0.25, -0.2) is 0 Å². The molecule has 0 amide bonds. The molecule has 0 unspecified atom stereocenters. The molecule has 2 nitrogen and oxygen atoms in total. The van der Waals surface area contributed by atoms with Gasteiger partial charge < -0.3 is 9.84 Å². The molecule has 1 aromatic rings. The lowest BCUT2D eigenvalue weighted by Gasteiger charge is -2.43. The van der Waals surface area contributed by atoms with E-state index in [0.29, 0.717) is 6.10 Å². The van der Waals surface area contributed by atoms with Crippen molar-refractivity contribution in [1.29, 1.82) is 0 Å². The molecule has 1 N–H and O–H groups in total. The van der Waals surface area contributed by atoms with Crippen molar-refractivity contribution in [2.75, 3.05) is 6.61 Å². The van der Waals surface area contributed by atoms with E-state index < -0.39 is 5.60 Å². The fourth-order valence-electron chi connectivity index (χ4n) is 2.61. The second-order valence-corrected chi connectivity index (χ2v) is 5.05. The number of benzene rings is 1. The summed E-state index contributed by atoms with van der Waals surface area (Å²) >= 11 is 0. The SMILES string of the molecule is CCOC1CC(O)(CCCc2ccccc2)C1. The van der Waals surface area contributed by atoms with Crippen molar-refractivity contribution in [3.05, 3.63) is 35.9 Å². The van der Waals surface area contributed by atoms with E-state index in [1.807, 2.05) is 13.0 Å². The first-order valence-corrected chi connectivity index (χ1v) is 6.60. The largest absolute Gasteiger partial charge is 0.390 e. The standard InChI is InChI=1S/C15H22O2/c1-2-17-14-11-15(16,12-14)10-6-9-13-7-4-3-5-8-13/h3-5,7-8,14,16H,2,6,9-12H2,1H3. The molecule has 94 valence electrons. The summed E-state index contributed by atoms with van der Waals surface area (Å²) < 4.78 is 5.48. The Labute approximate surface area is 104 Å². The van der Waals surface area contributed by atoms with Gasteiger partial charge in [0.25, 0.3) is 0 Å². The molecule has 1 aliphatic rings. The van der Waals surface area contributed by atoms with E-state index in [9.17, 15) is 5.11 Å². The van der Waals surface area contributed by atoms with Crippen molar-refractivity contribution in [1.82, 2.24) is 0 Å². The van der Waals surface area contributed by atoms with Gasteiger partial charge in [-0.3, -0.25) is 0 Å². The molecule has 0 bridgehead atoms. The average molecular weight is 234 g/mol. The van der Waals surface area contributed by atoms with Crippen molar-refractivity contribution >= 4 is 0 Å². The maximum absolute atomic E-state index is 10.2. The molecule has 0 aliphatic heterocycles. The lowest BCUT2D eigenvalue weighted by molar-refractivity contribution is -0.141.